The summed E-state index contributed by atoms with van der Waals surface area (Å²) in [6.45, 7) is 4.26. The minimum atomic E-state index is 0.0451. The summed E-state index contributed by atoms with van der Waals surface area (Å²) in [5.41, 5.74) is 8.83. The molecule has 2 N–H and O–H groups in total. The molecule has 1 aliphatic carbocycles. The van der Waals surface area contributed by atoms with Gasteiger partial charge in [0.15, 0.2) is 0 Å². The van der Waals surface area contributed by atoms with Crippen LogP contribution in [0.4, 0.5) is 0 Å². The molecule has 0 heterocycles. The number of rotatable bonds is 5. The summed E-state index contributed by atoms with van der Waals surface area (Å²) in [6.07, 6.45) is 9.08. The SMILES string of the molecule is CCC(N)C(OC1CCCCCC1)c1ccc(C)cc1. The van der Waals surface area contributed by atoms with Crippen LogP contribution in [0, 0.1) is 6.92 Å². The molecule has 1 fully saturated rings. The molecular weight excluding hydrogens is 246 g/mol. The van der Waals surface area contributed by atoms with Gasteiger partial charge in [0.25, 0.3) is 0 Å². The Kier molecular flexibility index (Phi) is 6.06. The van der Waals surface area contributed by atoms with Gasteiger partial charge in [0.05, 0.1) is 12.2 Å². The summed E-state index contributed by atoms with van der Waals surface area (Å²) in [4.78, 5) is 0. The Morgan fingerprint density at radius 3 is 2.25 bits per heavy atom. The van der Waals surface area contributed by atoms with Gasteiger partial charge in [-0.05, 0) is 31.7 Å². The van der Waals surface area contributed by atoms with Crippen LogP contribution in [-0.2, 0) is 4.74 Å². The number of hydrogen-bond donors (Lipinski definition) is 1. The number of benzene rings is 1. The lowest BCUT2D eigenvalue weighted by Crippen LogP contribution is -2.32. The minimum absolute atomic E-state index is 0.0451. The van der Waals surface area contributed by atoms with E-state index in [0.717, 1.165) is 6.42 Å². The van der Waals surface area contributed by atoms with Crippen LogP contribution < -0.4 is 5.73 Å². The molecule has 0 bridgehead atoms. The summed E-state index contributed by atoms with van der Waals surface area (Å²) in [6, 6.07) is 8.74. The Morgan fingerprint density at radius 2 is 1.70 bits per heavy atom. The maximum Gasteiger partial charge on any atom is 0.0979 e. The summed E-state index contributed by atoms with van der Waals surface area (Å²) in [5.74, 6) is 0. The molecule has 112 valence electrons. The molecule has 2 nitrogen and oxygen atoms in total. The molecule has 0 radical (unpaired) electrons. The van der Waals surface area contributed by atoms with Gasteiger partial charge in [-0.15, -0.1) is 0 Å². The average molecular weight is 275 g/mol. The first-order valence-electron chi connectivity index (χ1n) is 8.18. The summed E-state index contributed by atoms with van der Waals surface area (Å²) in [5, 5.41) is 0. The first-order valence-corrected chi connectivity index (χ1v) is 8.18. The highest BCUT2D eigenvalue weighted by Crippen LogP contribution is 2.29. The van der Waals surface area contributed by atoms with E-state index in [-0.39, 0.29) is 12.1 Å². The lowest BCUT2D eigenvalue weighted by atomic mass is 9.99. The van der Waals surface area contributed by atoms with Crippen LogP contribution in [-0.4, -0.2) is 12.1 Å². The number of hydrogen-bond acceptors (Lipinski definition) is 2. The summed E-state index contributed by atoms with van der Waals surface area (Å²) < 4.78 is 6.43. The van der Waals surface area contributed by atoms with Gasteiger partial charge in [0, 0.05) is 6.04 Å². The van der Waals surface area contributed by atoms with Crippen LogP contribution in [0.5, 0.6) is 0 Å². The highest BCUT2D eigenvalue weighted by atomic mass is 16.5. The normalized spacial score (nSPS) is 20.4. The van der Waals surface area contributed by atoms with Crippen molar-refractivity contribution in [2.75, 3.05) is 0 Å². The van der Waals surface area contributed by atoms with E-state index in [1.54, 1.807) is 0 Å². The fourth-order valence-electron chi connectivity index (χ4n) is 2.98. The van der Waals surface area contributed by atoms with E-state index in [0.29, 0.717) is 6.10 Å². The van der Waals surface area contributed by atoms with E-state index < -0.39 is 0 Å². The van der Waals surface area contributed by atoms with Gasteiger partial charge in [-0.25, -0.2) is 0 Å². The van der Waals surface area contributed by atoms with Crippen molar-refractivity contribution in [1.29, 1.82) is 0 Å². The Balaban J connectivity index is 2.08. The van der Waals surface area contributed by atoms with Gasteiger partial charge in [-0.2, -0.15) is 0 Å². The lowest BCUT2D eigenvalue weighted by molar-refractivity contribution is -0.0341. The zero-order valence-electron chi connectivity index (χ0n) is 13.0. The van der Waals surface area contributed by atoms with Crippen LogP contribution in [0.15, 0.2) is 24.3 Å². The van der Waals surface area contributed by atoms with Crippen molar-refractivity contribution in [1.82, 2.24) is 0 Å². The monoisotopic (exact) mass is 275 g/mol. The topological polar surface area (TPSA) is 35.2 Å². The highest BCUT2D eigenvalue weighted by molar-refractivity contribution is 5.24. The Labute approximate surface area is 123 Å². The van der Waals surface area contributed by atoms with Gasteiger partial charge in [0.2, 0.25) is 0 Å². The third kappa shape index (κ3) is 4.32. The van der Waals surface area contributed by atoms with Gasteiger partial charge in [0.1, 0.15) is 0 Å². The van der Waals surface area contributed by atoms with E-state index >= 15 is 0 Å². The van der Waals surface area contributed by atoms with Crippen LogP contribution >= 0.6 is 0 Å². The molecule has 0 amide bonds. The molecule has 0 spiro atoms. The molecule has 2 rings (SSSR count). The highest BCUT2D eigenvalue weighted by Gasteiger charge is 2.24. The van der Waals surface area contributed by atoms with Crippen LogP contribution in [0.25, 0.3) is 0 Å². The second kappa shape index (κ2) is 7.80. The van der Waals surface area contributed by atoms with Gasteiger partial charge >= 0.3 is 0 Å². The van der Waals surface area contributed by atoms with Crippen molar-refractivity contribution in [2.45, 2.75) is 77.0 Å². The summed E-state index contributed by atoms with van der Waals surface area (Å²) in [7, 11) is 0. The standard InChI is InChI=1S/C18H29NO/c1-3-17(19)18(15-12-10-14(2)11-13-15)20-16-8-6-4-5-7-9-16/h10-13,16-18H,3-9,19H2,1-2H3. The molecule has 1 aromatic carbocycles. The van der Waals surface area contributed by atoms with Crippen molar-refractivity contribution in [2.24, 2.45) is 5.73 Å². The molecule has 1 aliphatic rings. The third-order valence-corrected chi connectivity index (χ3v) is 4.41. The molecule has 1 aromatic rings. The second-order valence-corrected chi connectivity index (χ2v) is 6.15. The first kappa shape index (κ1) is 15.5. The molecule has 0 aliphatic heterocycles. The second-order valence-electron chi connectivity index (χ2n) is 6.15. The van der Waals surface area contributed by atoms with Crippen molar-refractivity contribution < 1.29 is 4.74 Å². The van der Waals surface area contributed by atoms with Crippen LogP contribution in [0.3, 0.4) is 0 Å². The van der Waals surface area contributed by atoms with Crippen molar-refractivity contribution in [3.05, 3.63) is 35.4 Å². The Bertz CT molecular complexity index is 379. The molecule has 2 heteroatoms. The fraction of sp³-hybridized carbons (Fsp3) is 0.667. The van der Waals surface area contributed by atoms with Crippen LogP contribution in [0.2, 0.25) is 0 Å². The Hall–Kier alpha value is -0.860. The van der Waals surface area contributed by atoms with E-state index in [1.165, 1.54) is 49.7 Å². The quantitative estimate of drug-likeness (QED) is 0.802. The predicted molar refractivity (Wildman–Crippen MR) is 84.8 cm³/mol. The Morgan fingerprint density at radius 1 is 1.10 bits per heavy atom. The molecular formula is C18H29NO. The molecule has 2 atom stereocenters. The van der Waals surface area contributed by atoms with Crippen LogP contribution in [0.1, 0.15) is 69.1 Å². The van der Waals surface area contributed by atoms with Crippen molar-refractivity contribution in [3.8, 4) is 0 Å². The maximum absolute atomic E-state index is 6.43. The smallest absolute Gasteiger partial charge is 0.0979 e. The largest absolute Gasteiger partial charge is 0.369 e. The molecule has 0 saturated heterocycles. The van der Waals surface area contributed by atoms with Crippen molar-refractivity contribution in [3.63, 3.8) is 0 Å². The minimum Gasteiger partial charge on any atom is -0.369 e. The molecule has 1 saturated carbocycles. The van der Waals surface area contributed by atoms with Gasteiger partial charge in [-0.1, -0.05) is 62.4 Å². The van der Waals surface area contributed by atoms with Gasteiger partial charge < -0.3 is 10.5 Å². The third-order valence-electron chi connectivity index (χ3n) is 4.41. The van der Waals surface area contributed by atoms with Gasteiger partial charge in [-0.3, -0.25) is 0 Å². The fourth-order valence-corrected chi connectivity index (χ4v) is 2.98. The first-order chi connectivity index (χ1) is 9.70. The number of nitrogens with two attached hydrogens (primary N) is 1. The zero-order valence-corrected chi connectivity index (χ0v) is 13.0. The van der Waals surface area contributed by atoms with E-state index in [2.05, 4.69) is 38.1 Å². The zero-order chi connectivity index (χ0) is 14.4. The number of ether oxygens (including phenoxy) is 1. The van der Waals surface area contributed by atoms with E-state index in [9.17, 15) is 0 Å². The summed E-state index contributed by atoms with van der Waals surface area (Å²) >= 11 is 0. The maximum atomic E-state index is 6.43. The van der Waals surface area contributed by atoms with Crippen molar-refractivity contribution >= 4 is 0 Å². The predicted octanol–water partition coefficient (Wildman–Crippen LogP) is 4.51. The van der Waals surface area contributed by atoms with E-state index in [1.807, 2.05) is 0 Å². The van der Waals surface area contributed by atoms with E-state index in [4.69, 9.17) is 10.5 Å². The number of aryl methyl sites for hydroxylation is 1. The molecule has 0 aromatic heterocycles. The molecule has 2 unspecified atom stereocenters. The average Bonchev–Trinajstić information content (AvgIpc) is 2.74. The lowest BCUT2D eigenvalue weighted by Gasteiger charge is -2.28. The molecule has 20 heavy (non-hydrogen) atoms.